The minimum atomic E-state index is -2.97. The fourth-order valence-electron chi connectivity index (χ4n) is 2.82. The number of rotatable bonds is 4. The molecule has 0 radical (unpaired) electrons. The Labute approximate surface area is 140 Å². The van der Waals surface area contributed by atoms with Crippen molar-refractivity contribution in [2.45, 2.75) is 12.5 Å². The maximum atomic E-state index is 12.4. The number of sulfone groups is 1. The largest absolute Gasteiger partial charge is 0.350 e. The third-order valence-corrected chi connectivity index (χ3v) is 5.98. The van der Waals surface area contributed by atoms with Gasteiger partial charge < -0.3 is 15.1 Å². The molecule has 130 valence electrons. The lowest BCUT2D eigenvalue weighted by atomic mass is 10.2. The standard InChI is InChI=1S/C14H19N5O4S/c20-10-18-2-4-19(5-3-18)13(21)11-7-15-14(16-8-11)17-12-1-6-24(22,23)9-12/h7-8,10,12H,1-6,9H2,(H,15,16,17). The maximum Gasteiger partial charge on any atom is 0.257 e. The van der Waals surface area contributed by atoms with Crippen molar-refractivity contribution in [2.75, 3.05) is 43.0 Å². The molecule has 0 spiro atoms. The van der Waals surface area contributed by atoms with Gasteiger partial charge in [-0.05, 0) is 6.42 Å². The van der Waals surface area contributed by atoms with Gasteiger partial charge >= 0.3 is 0 Å². The predicted octanol–water partition coefficient (Wildman–Crippen LogP) is -1.01. The second-order valence-corrected chi connectivity index (χ2v) is 8.20. The lowest BCUT2D eigenvalue weighted by Gasteiger charge is -2.32. The van der Waals surface area contributed by atoms with Gasteiger partial charge in [0.05, 0.1) is 17.1 Å². The van der Waals surface area contributed by atoms with Crippen molar-refractivity contribution in [2.24, 2.45) is 0 Å². The Morgan fingerprint density at radius 1 is 1.21 bits per heavy atom. The van der Waals surface area contributed by atoms with Crippen molar-refractivity contribution in [3.63, 3.8) is 0 Å². The highest BCUT2D eigenvalue weighted by Gasteiger charge is 2.28. The van der Waals surface area contributed by atoms with Gasteiger partial charge in [-0.2, -0.15) is 0 Å². The normalized spacial score (nSPS) is 23.1. The summed E-state index contributed by atoms with van der Waals surface area (Å²) in [5, 5.41) is 2.98. The molecule has 2 aliphatic heterocycles. The number of carbonyl (C=O) groups excluding carboxylic acids is 2. The van der Waals surface area contributed by atoms with Crippen molar-refractivity contribution in [1.29, 1.82) is 0 Å². The van der Waals surface area contributed by atoms with Crippen LogP contribution >= 0.6 is 0 Å². The van der Waals surface area contributed by atoms with Gasteiger partial charge in [-0.15, -0.1) is 0 Å². The van der Waals surface area contributed by atoms with Crippen molar-refractivity contribution >= 4 is 28.1 Å². The number of amides is 2. The quantitative estimate of drug-likeness (QED) is 0.690. The van der Waals surface area contributed by atoms with E-state index in [2.05, 4.69) is 15.3 Å². The zero-order valence-corrected chi connectivity index (χ0v) is 13.9. The Morgan fingerprint density at radius 3 is 2.42 bits per heavy atom. The zero-order valence-electron chi connectivity index (χ0n) is 13.1. The molecule has 3 heterocycles. The maximum absolute atomic E-state index is 12.4. The summed E-state index contributed by atoms with van der Waals surface area (Å²) in [6.45, 7) is 2.01. The highest BCUT2D eigenvalue weighted by atomic mass is 32.2. The molecule has 2 saturated heterocycles. The third-order valence-electron chi connectivity index (χ3n) is 4.21. The van der Waals surface area contributed by atoms with E-state index in [1.807, 2.05) is 0 Å². The van der Waals surface area contributed by atoms with Gasteiger partial charge in [0, 0.05) is 44.6 Å². The average molecular weight is 353 g/mol. The molecular weight excluding hydrogens is 334 g/mol. The van der Waals surface area contributed by atoms with E-state index in [4.69, 9.17) is 0 Å². The van der Waals surface area contributed by atoms with Crippen LogP contribution in [0.1, 0.15) is 16.8 Å². The van der Waals surface area contributed by atoms with E-state index < -0.39 is 9.84 Å². The van der Waals surface area contributed by atoms with Crippen LogP contribution in [0.2, 0.25) is 0 Å². The first-order valence-electron chi connectivity index (χ1n) is 7.74. The van der Waals surface area contributed by atoms with Crippen molar-refractivity contribution in [3.8, 4) is 0 Å². The number of nitrogens with zero attached hydrogens (tertiary/aromatic N) is 4. The fraction of sp³-hybridized carbons (Fsp3) is 0.571. The first-order chi connectivity index (χ1) is 11.5. The molecule has 0 aliphatic carbocycles. The number of nitrogens with one attached hydrogen (secondary N) is 1. The van der Waals surface area contributed by atoms with Gasteiger partial charge in [0.15, 0.2) is 9.84 Å². The van der Waals surface area contributed by atoms with Crippen LogP contribution in [0.15, 0.2) is 12.4 Å². The van der Waals surface area contributed by atoms with E-state index in [0.717, 1.165) is 6.41 Å². The summed E-state index contributed by atoms with van der Waals surface area (Å²) < 4.78 is 22.9. The molecule has 1 N–H and O–H groups in total. The van der Waals surface area contributed by atoms with E-state index in [-0.39, 0.29) is 23.5 Å². The highest BCUT2D eigenvalue weighted by Crippen LogP contribution is 2.15. The van der Waals surface area contributed by atoms with Crippen LogP contribution in [0, 0.1) is 0 Å². The second kappa shape index (κ2) is 6.71. The van der Waals surface area contributed by atoms with Gasteiger partial charge in [0.25, 0.3) is 5.91 Å². The summed E-state index contributed by atoms with van der Waals surface area (Å²) in [6, 6.07) is -0.187. The third kappa shape index (κ3) is 3.81. The highest BCUT2D eigenvalue weighted by molar-refractivity contribution is 7.91. The smallest absolute Gasteiger partial charge is 0.257 e. The second-order valence-electron chi connectivity index (χ2n) is 5.97. The van der Waals surface area contributed by atoms with Crippen LogP contribution in [0.4, 0.5) is 5.95 Å². The van der Waals surface area contributed by atoms with Crippen LogP contribution in [0.5, 0.6) is 0 Å². The summed E-state index contributed by atoms with van der Waals surface area (Å²) in [4.78, 5) is 34.6. The molecule has 1 aromatic heterocycles. The van der Waals surface area contributed by atoms with Gasteiger partial charge in [-0.1, -0.05) is 0 Å². The molecule has 0 saturated carbocycles. The Morgan fingerprint density at radius 2 is 1.88 bits per heavy atom. The molecular formula is C14H19N5O4S. The van der Waals surface area contributed by atoms with Gasteiger partial charge in [0.2, 0.25) is 12.4 Å². The summed E-state index contributed by atoms with van der Waals surface area (Å²) in [7, 11) is -2.97. The van der Waals surface area contributed by atoms with E-state index >= 15 is 0 Å². The Hall–Kier alpha value is -2.23. The molecule has 1 atom stereocenters. The number of piperazine rings is 1. The van der Waals surface area contributed by atoms with Gasteiger partial charge in [-0.25, -0.2) is 18.4 Å². The summed E-state index contributed by atoms with van der Waals surface area (Å²) in [6.07, 6.45) is 4.20. The molecule has 10 heteroatoms. The average Bonchev–Trinajstić information content (AvgIpc) is 2.93. The van der Waals surface area contributed by atoms with Crippen molar-refractivity contribution < 1.29 is 18.0 Å². The molecule has 2 amide bonds. The van der Waals surface area contributed by atoms with Crippen LogP contribution < -0.4 is 5.32 Å². The first-order valence-corrected chi connectivity index (χ1v) is 9.56. The molecule has 2 aliphatic rings. The minimum absolute atomic E-state index is 0.0814. The molecule has 1 unspecified atom stereocenters. The number of carbonyl (C=O) groups is 2. The summed E-state index contributed by atoms with van der Waals surface area (Å²) in [5.74, 6) is 0.404. The van der Waals surface area contributed by atoms with E-state index in [9.17, 15) is 18.0 Å². The van der Waals surface area contributed by atoms with E-state index in [1.165, 1.54) is 12.4 Å². The topological polar surface area (TPSA) is 113 Å². The molecule has 1 aromatic rings. The summed E-state index contributed by atoms with van der Waals surface area (Å²) in [5.41, 5.74) is 0.374. The van der Waals surface area contributed by atoms with Crippen LogP contribution in [0.25, 0.3) is 0 Å². The predicted molar refractivity (Wildman–Crippen MR) is 86.3 cm³/mol. The molecule has 2 fully saturated rings. The molecule has 24 heavy (non-hydrogen) atoms. The molecule has 9 nitrogen and oxygen atoms in total. The van der Waals surface area contributed by atoms with Crippen molar-refractivity contribution in [3.05, 3.63) is 18.0 Å². The molecule has 0 bridgehead atoms. The minimum Gasteiger partial charge on any atom is -0.350 e. The number of anilines is 1. The molecule has 0 aromatic carbocycles. The van der Waals surface area contributed by atoms with Crippen LogP contribution in [-0.2, 0) is 14.6 Å². The van der Waals surface area contributed by atoms with Gasteiger partial charge in [0.1, 0.15) is 0 Å². The number of hydrogen-bond donors (Lipinski definition) is 1. The lowest BCUT2D eigenvalue weighted by Crippen LogP contribution is -2.48. The SMILES string of the molecule is O=CN1CCN(C(=O)c2cnc(NC3CCS(=O)(=O)C3)nc2)CC1. The lowest BCUT2D eigenvalue weighted by molar-refractivity contribution is -0.119. The van der Waals surface area contributed by atoms with Gasteiger partial charge in [-0.3, -0.25) is 9.59 Å². The fourth-order valence-corrected chi connectivity index (χ4v) is 4.49. The first kappa shape index (κ1) is 16.6. The number of hydrogen-bond acceptors (Lipinski definition) is 7. The van der Waals surface area contributed by atoms with Crippen molar-refractivity contribution in [1.82, 2.24) is 19.8 Å². The Kier molecular flexibility index (Phi) is 4.65. The zero-order chi connectivity index (χ0) is 17.2. The van der Waals surface area contributed by atoms with E-state index in [1.54, 1.807) is 9.80 Å². The van der Waals surface area contributed by atoms with Crippen LogP contribution in [-0.4, -0.2) is 84.2 Å². The Bertz CT molecular complexity index is 713. The Balaban J connectivity index is 1.58. The van der Waals surface area contributed by atoms with E-state index in [0.29, 0.717) is 44.1 Å². The van der Waals surface area contributed by atoms with Crippen LogP contribution in [0.3, 0.4) is 0 Å². The summed E-state index contributed by atoms with van der Waals surface area (Å²) >= 11 is 0. The number of aromatic nitrogens is 2. The molecule has 3 rings (SSSR count). The monoisotopic (exact) mass is 353 g/mol.